The average molecular weight is 260 g/mol. The van der Waals surface area contributed by atoms with E-state index >= 15 is 0 Å². The van der Waals surface area contributed by atoms with Crippen LogP contribution >= 0.6 is 0 Å². The topological polar surface area (TPSA) is 103 Å². The summed E-state index contributed by atoms with van der Waals surface area (Å²) >= 11 is 0. The van der Waals surface area contributed by atoms with Gasteiger partial charge in [0.2, 0.25) is 0 Å². The Balaban J connectivity index is 2.36. The Morgan fingerprint density at radius 3 is 2.53 bits per heavy atom. The fourth-order valence-electron chi connectivity index (χ4n) is 1.71. The molecule has 1 heterocycles. The molecule has 0 spiro atoms. The first-order chi connectivity index (χ1) is 9.10. The van der Waals surface area contributed by atoms with Crippen molar-refractivity contribution in [1.29, 1.82) is 0 Å². The number of nitrogens with one attached hydrogen (secondary N) is 1. The fourth-order valence-corrected chi connectivity index (χ4v) is 1.71. The van der Waals surface area contributed by atoms with Gasteiger partial charge in [-0.15, -0.1) is 0 Å². The molecule has 1 aromatic heterocycles. The van der Waals surface area contributed by atoms with Crippen LogP contribution in [0.25, 0.3) is 0 Å². The lowest BCUT2D eigenvalue weighted by molar-refractivity contribution is -0.384. The van der Waals surface area contributed by atoms with E-state index in [0.717, 1.165) is 0 Å². The molecule has 19 heavy (non-hydrogen) atoms. The Labute approximate surface area is 108 Å². The number of nitrogen functional groups attached to an aromatic ring is 1. The molecule has 1 aromatic carbocycles. The van der Waals surface area contributed by atoms with E-state index in [2.05, 4.69) is 5.43 Å². The van der Waals surface area contributed by atoms with Gasteiger partial charge < -0.3 is 9.99 Å². The Hall–Kier alpha value is -2.67. The minimum absolute atomic E-state index is 0.00459. The zero-order valence-electron chi connectivity index (χ0n) is 9.95. The van der Waals surface area contributed by atoms with E-state index in [0.29, 0.717) is 17.8 Å². The van der Waals surface area contributed by atoms with Crippen LogP contribution in [0.2, 0.25) is 0 Å². The summed E-state index contributed by atoms with van der Waals surface area (Å²) in [6.07, 6.45) is 3.23. The largest absolute Gasteiger partial charge is 0.350 e. The summed E-state index contributed by atoms with van der Waals surface area (Å²) in [5, 5.41) is 10.8. The van der Waals surface area contributed by atoms with E-state index in [4.69, 9.17) is 5.84 Å². The fraction of sp³-hybridized carbons (Fsp3) is 0.0833. The van der Waals surface area contributed by atoms with Gasteiger partial charge in [-0.3, -0.25) is 20.8 Å². The average Bonchev–Trinajstić information content (AvgIpc) is 2.41. The Morgan fingerprint density at radius 1 is 1.26 bits per heavy atom. The zero-order valence-corrected chi connectivity index (χ0v) is 9.95. The third kappa shape index (κ3) is 2.96. The second-order valence-electron chi connectivity index (χ2n) is 3.95. The lowest BCUT2D eigenvalue weighted by Gasteiger charge is -2.10. The predicted octanol–water partition coefficient (Wildman–Crippen LogP) is 1.09. The van der Waals surface area contributed by atoms with Gasteiger partial charge in [-0.2, -0.15) is 0 Å². The Kier molecular flexibility index (Phi) is 3.58. The van der Waals surface area contributed by atoms with Gasteiger partial charge in [0.1, 0.15) is 0 Å². The van der Waals surface area contributed by atoms with Gasteiger partial charge in [-0.25, -0.2) is 0 Å². The first-order valence-corrected chi connectivity index (χ1v) is 5.50. The molecule has 0 bridgehead atoms. The van der Waals surface area contributed by atoms with Gasteiger partial charge in [-0.05, 0) is 6.07 Å². The van der Waals surface area contributed by atoms with Crippen LogP contribution in [0.1, 0.15) is 5.56 Å². The summed E-state index contributed by atoms with van der Waals surface area (Å²) in [5.74, 6) is 5.38. The highest BCUT2D eigenvalue weighted by Crippen LogP contribution is 2.22. The molecule has 3 N–H and O–H groups in total. The maximum atomic E-state index is 11.0. The number of benzene rings is 1. The molecule has 7 heteroatoms. The molecule has 0 saturated carbocycles. The first-order valence-electron chi connectivity index (χ1n) is 5.50. The van der Waals surface area contributed by atoms with E-state index in [1.54, 1.807) is 23.0 Å². The van der Waals surface area contributed by atoms with Crippen LogP contribution in [0.15, 0.2) is 47.5 Å². The van der Waals surface area contributed by atoms with Gasteiger partial charge in [-0.1, -0.05) is 0 Å². The minimum atomic E-state index is -0.463. The molecule has 0 aliphatic rings. The van der Waals surface area contributed by atoms with Crippen molar-refractivity contribution in [3.05, 3.63) is 68.6 Å². The lowest BCUT2D eigenvalue weighted by Crippen LogP contribution is -2.12. The third-order valence-corrected chi connectivity index (χ3v) is 2.67. The number of anilines is 1. The van der Waals surface area contributed by atoms with Gasteiger partial charge >= 0.3 is 0 Å². The third-order valence-electron chi connectivity index (χ3n) is 2.67. The quantitative estimate of drug-likeness (QED) is 0.486. The highest BCUT2D eigenvalue weighted by Gasteiger charge is 2.10. The molecule has 0 aliphatic carbocycles. The number of hydrogen-bond acceptors (Lipinski definition) is 5. The summed E-state index contributed by atoms with van der Waals surface area (Å²) < 4.78 is 1.74. The number of nitro groups is 1. The number of hydrazine groups is 1. The van der Waals surface area contributed by atoms with E-state index in [-0.39, 0.29) is 11.1 Å². The van der Waals surface area contributed by atoms with Crippen molar-refractivity contribution in [3.8, 4) is 0 Å². The number of hydrogen-bond donors (Lipinski definition) is 2. The van der Waals surface area contributed by atoms with Gasteiger partial charge in [0.25, 0.3) is 5.69 Å². The molecular weight excluding hydrogens is 248 g/mol. The molecule has 0 radical (unpaired) electrons. The summed E-state index contributed by atoms with van der Waals surface area (Å²) in [6, 6.07) is 7.23. The summed E-state index contributed by atoms with van der Waals surface area (Å²) in [7, 11) is 0. The molecule has 0 aliphatic heterocycles. The monoisotopic (exact) mass is 260 g/mol. The van der Waals surface area contributed by atoms with Crippen LogP contribution in [-0.4, -0.2) is 9.49 Å². The number of non-ortho nitro benzene ring substituents is 1. The molecule has 0 amide bonds. The molecule has 0 unspecified atom stereocenters. The predicted molar refractivity (Wildman–Crippen MR) is 70.7 cm³/mol. The minimum Gasteiger partial charge on any atom is -0.350 e. The number of nitrogens with zero attached hydrogens (tertiary/aromatic N) is 2. The van der Waals surface area contributed by atoms with Crippen LogP contribution < -0.4 is 16.7 Å². The SMILES string of the molecule is NNc1ccc([N+](=O)[O-])cc1Cn1ccc(=O)cc1. The number of nitro benzene ring substituents is 1. The number of pyridine rings is 1. The van der Waals surface area contributed by atoms with E-state index in [1.807, 2.05) is 0 Å². The lowest BCUT2D eigenvalue weighted by atomic mass is 10.1. The van der Waals surface area contributed by atoms with Crippen molar-refractivity contribution in [2.75, 3.05) is 5.43 Å². The smallest absolute Gasteiger partial charge is 0.269 e. The van der Waals surface area contributed by atoms with Crippen molar-refractivity contribution in [2.45, 2.75) is 6.54 Å². The molecule has 0 saturated heterocycles. The second-order valence-corrected chi connectivity index (χ2v) is 3.95. The van der Waals surface area contributed by atoms with Gasteiger partial charge in [0.15, 0.2) is 5.43 Å². The maximum Gasteiger partial charge on any atom is 0.269 e. The van der Waals surface area contributed by atoms with Crippen molar-refractivity contribution >= 4 is 11.4 Å². The van der Waals surface area contributed by atoms with Crippen LogP contribution in [0.4, 0.5) is 11.4 Å². The summed E-state index contributed by atoms with van der Waals surface area (Å²) in [6.45, 7) is 0.376. The van der Waals surface area contributed by atoms with Crippen LogP contribution in [0.5, 0.6) is 0 Å². The molecular formula is C12H12N4O3. The highest BCUT2D eigenvalue weighted by atomic mass is 16.6. The van der Waals surface area contributed by atoms with Crippen LogP contribution in [0.3, 0.4) is 0 Å². The molecule has 0 atom stereocenters. The van der Waals surface area contributed by atoms with Crippen LogP contribution in [0, 0.1) is 10.1 Å². The second kappa shape index (κ2) is 5.32. The van der Waals surface area contributed by atoms with Crippen molar-refractivity contribution < 1.29 is 4.92 Å². The Bertz CT molecular complexity index is 646. The van der Waals surface area contributed by atoms with E-state index < -0.39 is 4.92 Å². The van der Waals surface area contributed by atoms with E-state index in [1.165, 1.54) is 24.3 Å². The molecule has 0 fully saturated rings. The Morgan fingerprint density at radius 2 is 1.95 bits per heavy atom. The standard InChI is InChI=1S/C12H12N4O3/c13-14-12-2-1-10(16(18)19)7-9(12)8-15-5-3-11(17)4-6-15/h1-7,14H,8,13H2. The normalized spacial score (nSPS) is 10.2. The van der Waals surface area contributed by atoms with Gasteiger partial charge in [0, 0.05) is 48.8 Å². The molecule has 98 valence electrons. The highest BCUT2D eigenvalue weighted by molar-refractivity contribution is 5.55. The van der Waals surface area contributed by atoms with E-state index in [9.17, 15) is 14.9 Å². The van der Waals surface area contributed by atoms with Crippen molar-refractivity contribution in [3.63, 3.8) is 0 Å². The summed E-state index contributed by atoms with van der Waals surface area (Å²) in [5.41, 5.74) is 3.67. The molecule has 2 rings (SSSR count). The summed E-state index contributed by atoms with van der Waals surface area (Å²) in [4.78, 5) is 21.3. The number of aromatic nitrogens is 1. The maximum absolute atomic E-state index is 11.0. The van der Waals surface area contributed by atoms with Crippen molar-refractivity contribution in [1.82, 2.24) is 4.57 Å². The van der Waals surface area contributed by atoms with Gasteiger partial charge in [0.05, 0.1) is 10.6 Å². The van der Waals surface area contributed by atoms with Crippen molar-refractivity contribution in [2.24, 2.45) is 5.84 Å². The number of rotatable bonds is 4. The molecule has 7 nitrogen and oxygen atoms in total. The molecule has 2 aromatic rings. The number of nitrogens with two attached hydrogens (primary N) is 1. The first kappa shape index (κ1) is 12.8. The van der Waals surface area contributed by atoms with Crippen LogP contribution in [-0.2, 0) is 6.54 Å². The zero-order chi connectivity index (χ0) is 13.8.